The van der Waals surface area contributed by atoms with E-state index in [4.69, 9.17) is 11.6 Å². The molecule has 5 nitrogen and oxygen atoms in total. The summed E-state index contributed by atoms with van der Waals surface area (Å²) in [4.78, 5) is 25.6. The number of rotatable bonds is 5. The summed E-state index contributed by atoms with van der Waals surface area (Å²) in [5.74, 6) is -0.957. The van der Waals surface area contributed by atoms with E-state index in [0.29, 0.717) is 22.0 Å². The lowest BCUT2D eigenvalue weighted by atomic mass is 9.56. The second kappa shape index (κ2) is 8.37. The predicted molar refractivity (Wildman–Crippen MR) is 122 cm³/mol. The summed E-state index contributed by atoms with van der Waals surface area (Å²) in [6, 6.07) is 19.2. The van der Waals surface area contributed by atoms with E-state index in [1.165, 1.54) is 24.3 Å². The molecule has 32 heavy (non-hydrogen) atoms. The lowest BCUT2D eigenvalue weighted by molar-refractivity contribution is -0.139. The first-order valence-corrected chi connectivity index (χ1v) is 10.5. The molecule has 0 heterocycles. The molecular formula is C25H22ClFN2O3. The molecule has 4 rings (SSSR count). The number of halogens is 2. The van der Waals surface area contributed by atoms with Crippen LogP contribution in [0.2, 0.25) is 5.02 Å². The standard InChI is InChI=1S/C25H22ClFN2O3/c1-24(32)14-25(15-24,23(31)29-21-11-7-19(27)8-12-21)17-5-9-20(10-6-17)28-22(30)16-3-2-4-18(26)13-16/h2-13,32H,14-15H2,1H3,(H,28,30)(H,29,31). The van der Waals surface area contributed by atoms with E-state index in [-0.39, 0.29) is 30.5 Å². The van der Waals surface area contributed by atoms with Gasteiger partial charge in [-0.1, -0.05) is 29.8 Å². The molecule has 3 N–H and O–H groups in total. The maximum absolute atomic E-state index is 13.2. The zero-order chi connectivity index (χ0) is 22.9. The van der Waals surface area contributed by atoms with Gasteiger partial charge in [-0.2, -0.15) is 0 Å². The minimum Gasteiger partial charge on any atom is -0.390 e. The summed E-state index contributed by atoms with van der Waals surface area (Å²) in [7, 11) is 0. The number of carbonyl (C=O) groups excluding carboxylic acids is 2. The highest BCUT2D eigenvalue weighted by Gasteiger charge is 2.56. The second-order valence-electron chi connectivity index (χ2n) is 8.44. The first-order valence-electron chi connectivity index (χ1n) is 10.1. The van der Waals surface area contributed by atoms with Gasteiger partial charge in [0.1, 0.15) is 5.82 Å². The lowest BCUT2D eigenvalue weighted by Crippen LogP contribution is -2.59. The third kappa shape index (κ3) is 4.52. The molecule has 0 bridgehead atoms. The maximum Gasteiger partial charge on any atom is 0.255 e. The van der Waals surface area contributed by atoms with E-state index in [9.17, 15) is 19.1 Å². The summed E-state index contributed by atoms with van der Waals surface area (Å²) in [5.41, 5.74) is 0.329. The van der Waals surface area contributed by atoms with Gasteiger partial charge >= 0.3 is 0 Å². The number of anilines is 2. The van der Waals surface area contributed by atoms with Crippen molar-refractivity contribution in [1.29, 1.82) is 0 Å². The molecule has 1 aliphatic carbocycles. The Hall–Kier alpha value is -3.22. The van der Waals surface area contributed by atoms with Crippen molar-refractivity contribution in [2.45, 2.75) is 30.8 Å². The van der Waals surface area contributed by atoms with Crippen LogP contribution >= 0.6 is 11.6 Å². The van der Waals surface area contributed by atoms with Crippen molar-refractivity contribution in [3.63, 3.8) is 0 Å². The number of amides is 2. The number of hydrogen-bond acceptors (Lipinski definition) is 3. The summed E-state index contributed by atoms with van der Waals surface area (Å²) in [6.07, 6.45) is 0.502. The number of benzene rings is 3. The lowest BCUT2D eigenvalue weighted by Gasteiger charge is -2.50. The average Bonchev–Trinajstić information content (AvgIpc) is 2.74. The van der Waals surface area contributed by atoms with Crippen molar-refractivity contribution in [2.24, 2.45) is 0 Å². The van der Waals surface area contributed by atoms with Crippen molar-refractivity contribution in [3.8, 4) is 0 Å². The van der Waals surface area contributed by atoms with Crippen LogP contribution in [-0.2, 0) is 10.2 Å². The van der Waals surface area contributed by atoms with Gasteiger partial charge in [-0.15, -0.1) is 0 Å². The van der Waals surface area contributed by atoms with Crippen LogP contribution in [0.4, 0.5) is 15.8 Å². The molecule has 0 aromatic heterocycles. The number of aliphatic hydroxyl groups is 1. The van der Waals surface area contributed by atoms with Crippen molar-refractivity contribution in [3.05, 3.63) is 94.8 Å². The molecule has 7 heteroatoms. The average molecular weight is 453 g/mol. The summed E-state index contributed by atoms with van der Waals surface area (Å²) < 4.78 is 13.2. The molecule has 0 saturated heterocycles. The number of carbonyl (C=O) groups is 2. The SMILES string of the molecule is CC1(O)CC(C(=O)Nc2ccc(F)cc2)(c2ccc(NC(=O)c3cccc(Cl)c3)cc2)C1. The van der Waals surface area contributed by atoms with Gasteiger partial charge in [-0.25, -0.2) is 4.39 Å². The Labute approximate surface area is 190 Å². The van der Waals surface area contributed by atoms with E-state index < -0.39 is 11.0 Å². The summed E-state index contributed by atoms with van der Waals surface area (Å²) >= 11 is 5.95. The minimum atomic E-state index is -0.959. The molecule has 0 atom stereocenters. The molecule has 0 aliphatic heterocycles. The maximum atomic E-state index is 13.2. The first-order chi connectivity index (χ1) is 15.2. The normalized spacial score (nSPS) is 22.0. The van der Waals surface area contributed by atoms with Crippen molar-refractivity contribution < 1.29 is 19.1 Å². The predicted octanol–water partition coefficient (Wildman–Crippen LogP) is 5.15. The van der Waals surface area contributed by atoms with Crippen LogP contribution in [0.3, 0.4) is 0 Å². The largest absolute Gasteiger partial charge is 0.390 e. The van der Waals surface area contributed by atoms with E-state index in [1.54, 1.807) is 55.5 Å². The minimum absolute atomic E-state index is 0.251. The number of nitrogens with one attached hydrogen (secondary N) is 2. The van der Waals surface area contributed by atoms with Crippen LogP contribution < -0.4 is 10.6 Å². The molecule has 1 fully saturated rings. The fourth-order valence-electron chi connectivity index (χ4n) is 4.23. The van der Waals surface area contributed by atoms with Crippen LogP contribution in [0.15, 0.2) is 72.8 Å². The van der Waals surface area contributed by atoms with Gasteiger partial charge in [-0.05, 0) is 79.9 Å². The van der Waals surface area contributed by atoms with Gasteiger partial charge in [0.2, 0.25) is 5.91 Å². The Morgan fingerprint density at radius 1 is 0.938 bits per heavy atom. The third-order valence-electron chi connectivity index (χ3n) is 5.68. The Balaban J connectivity index is 1.53. The van der Waals surface area contributed by atoms with Crippen molar-refractivity contribution >= 4 is 34.8 Å². The molecule has 1 saturated carbocycles. The van der Waals surface area contributed by atoms with Gasteiger partial charge in [0.15, 0.2) is 0 Å². The zero-order valence-corrected chi connectivity index (χ0v) is 18.1. The quantitative estimate of drug-likeness (QED) is 0.500. The summed E-state index contributed by atoms with van der Waals surface area (Å²) in [5, 5.41) is 16.5. The Bertz CT molecular complexity index is 1150. The highest BCUT2D eigenvalue weighted by atomic mass is 35.5. The molecule has 0 radical (unpaired) electrons. The van der Waals surface area contributed by atoms with E-state index in [0.717, 1.165) is 5.56 Å². The smallest absolute Gasteiger partial charge is 0.255 e. The van der Waals surface area contributed by atoms with Crippen LogP contribution in [0.5, 0.6) is 0 Å². The van der Waals surface area contributed by atoms with Gasteiger partial charge in [0.25, 0.3) is 5.91 Å². The number of hydrogen-bond donors (Lipinski definition) is 3. The highest BCUT2D eigenvalue weighted by molar-refractivity contribution is 6.31. The zero-order valence-electron chi connectivity index (χ0n) is 17.4. The van der Waals surface area contributed by atoms with Crippen LogP contribution in [0.1, 0.15) is 35.7 Å². The van der Waals surface area contributed by atoms with Gasteiger partial charge in [0.05, 0.1) is 11.0 Å². The Morgan fingerprint density at radius 3 is 2.12 bits per heavy atom. The molecule has 0 spiro atoms. The fourth-order valence-corrected chi connectivity index (χ4v) is 4.42. The first kappa shape index (κ1) is 22.0. The van der Waals surface area contributed by atoms with Gasteiger partial charge in [0, 0.05) is 22.0 Å². The summed E-state index contributed by atoms with van der Waals surface area (Å²) in [6.45, 7) is 1.69. The molecule has 3 aromatic rings. The van der Waals surface area contributed by atoms with E-state index in [1.807, 2.05) is 0 Å². The molecule has 1 aliphatic rings. The fraction of sp³-hybridized carbons (Fsp3) is 0.200. The highest BCUT2D eigenvalue weighted by Crippen LogP contribution is 2.51. The molecule has 164 valence electrons. The molecular weight excluding hydrogens is 431 g/mol. The van der Waals surface area contributed by atoms with Gasteiger partial charge < -0.3 is 15.7 Å². The van der Waals surface area contributed by atoms with Crippen LogP contribution in [0.25, 0.3) is 0 Å². The van der Waals surface area contributed by atoms with E-state index >= 15 is 0 Å². The third-order valence-corrected chi connectivity index (χ3v) is 5.92. The topological polar surface area (TPSA) is 78.4 Å². The molecule has 2 amide bonds. The molecule has 3 aromatic carbocycles. The monoisotopic (exact) mass is 452 g/mol. The van der Waals surface area contributed by atoms with E-state index in [2.05, 4.69) is 10.6 Å². The Kier molecular flexibility index (Phi) is 5.75. The van der Waals surface area contributed by atoms with Crippen LogP contribution in [-0.4, -0.2) is 22.5 Å². The molecule has 0 unspecified atom stereocenters. The van der Waals surface area contributed by atoms with Crippen molar-refractivity contribution in [1.82, 2.24) is 0 Å². The van der Waals surface area contributed by atoms with Crippen molar-refractivity contribution in [2.75, 3.05) is 10.6 Å². The second-order valence-corrected chi connectivity index (χ2v) is 8.87. The van der Waals surface area contributed by atoms with Crippen LogP contribution in [0, 0.1) is 5.82 Å². The Morgan fingerprint density at radius 2 is 1.53 bits per heavy atom. The van der Waals surface area contributed by atoms with Gasteiger partial charge in [-0.3, -0.25) is 9.59 Å².